The maximum absolute atomic E-state index is 14.0. The first-order chi connectivity index (χ1) is 29.8. The summed E-state index contributed by atoms with van der Waals surface area (Å²) in [4.78, 5) is 41.7. The Kier molecular flexibility index (Phi) is 11.6. The fourth-order valence-electron chi connectivity index (χ4n) is 7.93. The highest BCUT2D eigenvalue weighted by Gasteiger charge is 2.41. The predicted octanol–water partition coefficient (Wildman–Crippen LogP) is 9.71. The number of anilines is 1. The van der Waals surface area contributed by atoms with E-state index in [1.165, 1.54) is 6.07 Å². The fourth-order valence-corrected chi connectivity index (χ4v) is 7.93. The van der Waals surface area contributed by atoms with Crippen molar-refractivity contribution < 1.29 is 23.5 Å². The summed E-state index contributed by atoms with van der Waals surface area (Å²) < 4.78 is 10.4. The lowest BCUT2D eigenvalue weighted by Crippen LogP contribution is -2.39. The third kappa shape index (κ3) is 8.05. The van der Waals surface area contributed by atoms with Crippen molar-refractivity contribution in [1.29, 1.82) is 0 Å². The molecule has 8 rings (SSSR count). The van der Waals surface area contributed by atoms with Gasteiger partial charge in [-0.3, -0.25) is 4.79 Å². The molecule has 0 spiro atoms. The number of carbonyl (C=O) groups is 2. The second-order valence-corrected chi connectivity index (χ2v) is 14.8. The van der Waals surface area contributed by atoms with E-state index < -0.39 is 17.3 Å². The zero-order chi connectivity index (χ0) is 42.3. The van der Waals surface area contributed by atoms with Crippen molar-refractivity contribution in [3.8, 4) is 22.5 Å². The lowest BCUT2D eigenvalue weighted by Gasteiger charge is -2.34. The summed E-state index contributed by atoms with van der Waals surface area (Å²) in [6.07, 6.45) is 1.69. The van der Waals surface area contributed by atoms with E-state index in [2.05, 4.69) is 36.4 Å². The molecule has 0 aliphatic carbocycles. The third-order valence-electron chi connectivity index (χ3n) is 11.0. The Bertz CT molecular complexity index is 2740. The van der Waals surface area contributed by atoms with Crippen LogP contribution in [0.5, 0.6) is 0 Å². The van der Waals surface area contributed by atoms with Gasteiger partial charge in [-0.15, -0.1) is 15.0 Å². The zero-order valence-electron chi connectivity index (χ0n) is 33.8. The number of unbranched alkanes of at least 4 members (excludes halogenated alkanes) is 1. The number of nitrogens with zero attached hydrogens (tertiary/aromatic N) is 5. The third-order valence-corrected chi connectivity index (χ3v) is 11.0. The summed E-state index contributed by atoms with van der Waals surface area (Å²) in [6.45, 7) is 3.76. The Morgan fingerprint density at radius 3 is 1.87 bits per heavy atom. The topological polar surface area (TPSA) is 145 Å². The molecule has 8 aromatic rings. The highest BCUT2D eigenvalue weighted by atomic mass is 16.6. The first-order valence-corrected chi connectivity index (χ1v) is 20.2. The van der Waals surface area contributed by atoms with Crippen LogP contribution in [0.15, 0.2) is 171 Å². The molecule has 11 heteroatoms. The molecule has 2 aromatic heterocycles. The summed E-state index contributed by atoms with van der Waals surface area (Å²) in [6, 6.07) is 51.2. The van der Waals surface area contributed by atoms with Gasteiger partial charge in [-0.05, 0) is 69.6 Å². The number of aromatic nitrogens is 4. The second kappa shape index (κ2) is 17.7. The number of aryl methyl sites for hydroxylation is 1. The van der Waals surface area contributed by atoms with Crippen LogP contribution in [-0.2, 0) is 23.3 Å². The van der Waals surface area contributed by atoms with Crippen molar-refractivity contribution in [2.75, 3.05) is 4.90 Å². The Morgan fingerprint density at radius 2 is 1.31 bits per heavy atom. The fraction of sp³-hybridized carbons (Fsp3) is 0.160. The Hall–Kier alpha value is -7.66. The van der Waals surface area contributed by atoms with Gasteiger partial charge < -0.3 is 18.8 Å². The number of hydrogen-bond donors (Lipinski definition) is 1. The zero-order valence-corrected chi connectivity index (χ0v) is 33.8. The summed E-state index contributed by atoms with van der Waals surface area (Å²) in [7, 11) is 0. The van der Waals surface area contributed by atoms with Crippen LogP contribution in [0, 0.1) is 6.92 Å². The molecule has 6 aromatic carbocycles. The summed E-state index contributed by atoms with van der Waals surface area (Å²) in [5.74, 6) is -1.30. The highest BCUT2D eigenvalue weighted by Crippen LogP contribution is 2.40. The van der Waals surface area contributed by atoms with Gasteiger partial charge in [0.05, 0.1) is 12.1 Å². The van der Waals surface area contributed by atoms with Crippen molar-refractivity contribution >= 4 is 17.6 Å². The molecule has 1 N–H and O–H groups in total. The van der Waals surface area contributed by atoms with Gasteiger partial charge in [-0.25, -0.2) is 9.59 Å². The molecule has 0 unspecified atom stereocenters. The number of carboxylic acid groups (broad SMARTS) is 1. The number of rotatable bonds is 15. The number of carboxylic acids is 1. The molecule has 61 heavy (non-hydrogen) atoms. The maximum Gasteiger partial charge on any atom is 0.519 e. The number of benzene rings is 6. The van der Waals surface area contributed by atoms with Crippen LogP contribution in [0.1, 0.15) is 75.9 Å². The molecule has 0 radical (unpaired) electrons. The van der Waals surface area contributed by atoms with Gasteiger partial charge in [0.15, 0.2) is 11.3 Å². The van der Waals surface area contributed by atoms with Crippen LogP contribution < -0.4 is 10.7 Å². The molecule has 0 aliphatic rings. The van der Waals surface area contributed by atoms with E-state index in [1.54, 1.807) is 28.8 Å². The quantitative estimate of drug-likeness (QED) is 0.100. The summed E-state index contributed by atoms with van der Waals surface area (Å²) in [5, 5.41) is 24.8. The van der Waals surface area contributed by atoms with E-state index in [0.29, 0.717) is 23.5 Å². The molecule has 1 amide bonds. The lowest BCUT2D eigenvalue weighted by atomic mass is 9.77. The van der Waals surface area contributed by atoms with E-state index in [1.807, 2.05) is 110 Å². The monoisotopic (exact) mass is 809 g/mol. The first kappa shape index (κ1) is 40.1. The van der Waals surface area contributed by atoms with E-state index in [9.17, 15) is 19.5 Å². The molecule has 304 valence electrons. The predicted molar refractivity (Wildman–Crippen MR) is 232 cm³/mol. The van der Waals surface area contributed by atoms with E-state index in [0.717, 1.165) is 45.4 Å². The van der Waals surface area contributed by atoms with Gasteiger partial charge in [-0.1, -0.05) is 159 Å². The molecule has 2 heterocycles. The van der Waals surface area contributed by atoms with Crippen LogP contribution in [0.3, 0.4) is 0 Å². The maximum atomic E-state index is 14.0. The first-order valence-electron chi connectivity index (χ1n) is 20.2. The second-order valence-electron chi connectivity index (χ2n) is 14.8. The summed E-state index contributed by atoms with van der Waals surface area (Å²) in [5.41, 5.74) is 6.18. The normalized spacial score (nSPS) is 11.4. The Labute approximate surface area is 352 Å². The van der Waals surface area contributed by atoms with Crippen molar-refractivity contribution in [1.82, 2.24) is 20.2 Å². The van der Waals surface area contributed by atoms with Crippen LogP contribution >= 0.6 is 0 Å². The smallest absolute Gasteiger partial charge is 0.478 e. The SMILES string of the molecule is CCCCC(=O)N(Cc1ccc(-c2ccccc2-c2nnn(C(c3ccccc3)(c3ccccc3)c3ccccc3)n2)cc1)c1cccc(C(=O)O)c1Cc1oc(=O)oc1C. The van der Waals surface area contributed by atoms with Crippen LogP contribution in [0.4, 0.5) is 5.69 Å². The standard InChI is InChI=1S/C50H43N5O6/c1-3-4-27-46(56)54(44-26-16-25-42(48(57)58)43(44)32-45-34(2)60-49(59)61-45)33-35-28-30-36(31-29-35)40-23-14-15-24-41(40)47-51-53-55(52-47)50(37-17-8-5-9-18-37,38-19-10-6-11-20-38)39-21-12-7-13-22-39/h5-26,28-31H,3-4,27,32-33H2,1-2H3,(H,57,58). The van der Waals surface area contributed by atoms with Crippen LogP contribution in [0.25, 0.3) is 22.5 Å². The number of hydrogen-bond acceptors (Lipinski definition) is 8. The van der Waals surface area contributed by atoms with E-state index in [-0.39, 0.29) is 42.4 Å². The van der Waals surface area contributed by atoms with Gasteiger partial charge >= 0.3 is 11.8 Å². The van der Waals surface area contributed by atoms with Gasteiger partial charge in [0.25, 0.3) is 0 Å². The van der Waals surface area contributed by atoms with Crippen molar-refractivity contribution in [2.45, 2.75) is 51.6 Å². The molecular weight excluding hydrogens is 767 g/mol. The molecule has 11 nitrogen and oxygen atoms in total. The van der Waals surface area contributed by atoms with Crippen LogP contribution in [0.2, 0.25) is 0 Å². The molecule has 0 bridgehead atoms. The molecule has 0 saturated carbocycles. The Balaban J connectivity index is 1.16. The van der Waals surface area contributed by atoms with Gasteiger partial charge in [0.1, 0.15) is 5.76 Å². The van der Waals surface area contributed by atoms with Crippen molar-refractivity contribution in [3.05, 3.63) is 213 Å². The Morgan fingerprint density at radius 1 is 0.721 bits per heavy atom. The van der Waals surface area contributed by atoms with E-state index in [4.69, 9.17) is 24.2 Å². The number of aromatic carboxylic acids is 1. The molecule has 0 aliphatic heterocycles. The van der Waals surface area contributed by atoms with Gasteiger partial charge in [0.2, 0.25) is 11.7 Å². The number of carbonyl (C=O) groups excluding carboxylic acids is 1. The minimum absolute atomic E-state index is 0.0000775. The molecule has 0 saturated heterocycles. The average molecular weight is 810 g/mol. The minimum Gasteiger partial charge on any atom is -0.478 e. The average Bonchev–Trinajstić information content (AvgIpc) is 3.92. The summed E-state index contributed by atoms with van der Waals surface area (Å²) >= 11 is 0. The van der Waals surface area contributed by atoms with E-state index >= 15 is 0 Å². The highest BCUT2D eigenvalue weighted by molar-refractivity contribution is 5.98. The number of tetrazole rings is 1. The largest absolute Gasteiger partial charge is 0.519 e. The van der Waals surface area contributed by atoms with Gasteiger partial charge in [0, 0.05) is 24.1 Å². The van der Waals surface area contributed by atoms with Gasteiger partial charge in [-0.2, -0.15) is 0 Å². The minimum atomic E-state index is -1.16. The number of amides is 1. The van der Waals surface area contributed by atoms with Crippen molar-refractivity contribution in [3.63, 3.8) is 0 Å². The molecule has 0 fully saturated rings. The molecular formula is C50H43N5O6. The van der Waals surface area contributed by atoms with Crippen molar-refractivity contribution in [2.24, 2.45) is 0 Å². The lowest BCUT2D eigenvalue weighted by molar-refractivity contribution is -0.118. The molecule has 0 atom stereocenters. The van der Waals surface area contributed by atoms with Crippen LogP contribution in [-0.4, -0.2) is 37.2 Å².